The number of nitrogens with zero attached hydrogens (tertiary/aromatic N) is 3. The molecule has 26 heavy (non-hydrogen) atoms. The van der Waals surface area contributed by atoms with E-state index in [4.69, 9.17) is 4.74 Å². The van der Waals surface area contributed by atoms with Gasteiger partial charge in [0.15, 0.2) is 0 Å². The minimum Gasteiger partial charge on any atom is -0.494 e. The first-order chi connectivity index (χ1) is 12.6. The van der Waals surface area contributed by atoms with E-state index in [1.807, 2.05) is 24.4 Å². The highest BCUT2D eigenvalue weighted by Crippen LogP contribution is 2.40. The van der Waals surface area contributed by atoms with Crippen molar-refractivity contribution in [2.75, 3.05) is 13.7 Å². The molecule has 2 aliphatic carbocycles. The van der Waals surface area contributed by atoms with Crippen molar-refractivity contribution in [2.24, 2.45) is 27.7 Å². The van der Waals surface area contributed by atoms with Crippen LogP contribution in [0.5, 0.6) is 0 Å². The number of fused-ring (bicyclic) bond motifs is 2. The predicted molar refractivity (Wildman–Crippen MR) is 95.2 cm³/mol. The molecule has 7 nitrogen and oxygen atoms in total. The number of aliphatic imine (C=N–C) groups is 2. The third-order valence-corrected chi connectivity index (χ3v) is 5.24. The molecule has 5 aliphatic rings. The number of allylic oxidation sites excluding steroid dienone is 3. The van der Waals surface area contributed by atoms with E-state index in [0.29, 0.717) is 35.4 Å². The number of hydrogen-bond donors (Lipinski definition) is 1. The number of hydrogen-bond acceptors (Lipinski definition) is 4. The van der Waals surface area contributed by atoms with Gasteiger partial charge < -0.3 is 15.0 Å². The molecular weight excluding hydrogens is 332 g/mol. The van der Waals surface area contributed by atoms with Crippen molar-refractivity contribution in [1.82, 2.24) is 10.2 Å². The van der Waals surface area contributed by atoms with Crippen molar-refractivity contribution >= 4 is 23.4 Å². The third kappa shape index (κ3) is 2.34. The van der Waals surface area contributed by atoms with Crippen LogP contribution in [0.25, 0.3) is 0 Å². The summed E-state index contributed by atoms with van der Waals surface area (Å²) in [6, 6.07) is -0.374. The molecule has 0 bridgehead atoms. The van der Waals surface area contributed by atoms with Gasteiger partial charge >= 0.3 is 6.03 Å². The van der Waals surface area contributed by atoms with E-state index >= 15 is 0 Å². The Balaban J connectivity index is 1.55. The molecular formula is C19H18N4O3. The van der Waals surface area contributed by atoms with E-state index in [1.165, 1.54) is 12.8 Å². The van der Waals surface area contributed by atoms with Gasteiger partial charge in [0.2, 0.25) is 0 Å². The lowest BCUT2D eigenvalue weighted by Crippen LogP contribution is -2.40. The van der Waals surface area contributed by atoms with Gasteiger partial charge in [0.05, 0.1) is 24.2 Å². The Morgan fingerprint density at radius 3 is 2.92 bits per heavy atom. The summed E-state index contributed by atoms with van der Waals surface area (Å²) < 4.78 is 6.17. The molecule has 2 atom stereocenters. The SMILES string of the molecule is CN1C=C(C2C=CC3=NC(=O)NC3=C2OCC2CC2)C2C=CN=C2C1=O. The highest BCUT2D eigenvalue weighted by atomic mass is 16.5. The van der Waals surface area contributed by atoms with Crippen LogP contribution >= 0.6 is 0 Å². The Labute approximate surface area is 150 Å². The van der Waals surface area contributed by atoms with Crippen LogP contribution in [-0.4, -0.2) is 41.9 Å². The smallest absolute Gasteiger partial charge is 0.346 e. The van der Waals surface area contributed by atoms with Gasteiger partial charge in [-0.1, -0.05) is 12.2 Å². The van der Waals surface area contributed by atoms with E-state index in [9.17, 15) is 9.59 Å². The minimum atomic E-state index is -0.374. The summed E-state index contributed by atoms with van der Waals surface area (Å²) in [5.74, 6) is 0.865. The maximum Gasteiger partial charge on any atom is 0.346 e. The van der Waals surface area contributed by atoms with Gasteiger partial charge in [-0.15, -0.1) is 0 Å². The molecule has 1 saturated carbocycles. The Morgan fingerprint density at radius 1 is 1.27 bits per heavy atom. The quantitative estimate of drug-likeness (QED) is 0.841. The Bertz CT molecular complexity index is 902. The molecule has 0 saturated heterocycles. The molecule has 132 valence electrons. The van der Waals surface area contributed by atoms with Crippen molar-refractivity contribution in [3.8, 4) is 0 Å². The van der Waals surface area contributed by atoms with Crippen LogP contribution < -0.4 is 5.32 Å². The van der Waals surface area contributed by atoms with E-state index in [1.54, 1.807) is 18.1 Å². The summed E-state index contributed by atoms with van der Waals surface area (Å²) in [4.78, 5) is 33.9. The fraction of sp³-hybridized carbons (Fsp3) is 0.368. The monoisotopic (exact) mass is 350 g/mol. The second kappa shape index (κ2) is 5.52. The summed E-state index contributed by atoms with van der Waals surface area (Å²) in [7, 11) is 1.73. The topological polar surface area (TPSA) is 83.4 Å². The van der Waals surface area contributed by atoms with Crippen molar-refractivity contribution < 1.29 is 14.3 Å². The number of rotatable bonds is 4. The molecule has 0 spiro atoms. The average molecular weight is 350 g/mol. The first kappa shape index (κ1) is 15.3. The van der Waals surface area contributed by atoms with Gasteiger partial charge in [0.25, 0.3) is 5.91 Å². The second-order valence-corrected chi connectivity index (χ2v) is 7.14. The third-order valence-electron chi connectivity index (χ3n) is 5.24. The standard InChI is InChI=1S/C19H18N4O3/c1-23-8-13(11-6-7-20-15(11)18(23)24)12-4-5-14-16(22-19(25)21-14)17(12)26-9-10-2-3-10/h4-8,10-12H,2-3,9H2,1H3,(H,22,25). The van der Waals surface area contributed by atoms with Gasteiger partial charge in [-0.05, 0) is 30.4 Å². The van der Waals surface area contributed by atoms with Crippen LogP contribution in [0.15, 0.2) is 57.6 Å². The zero-order valence-corrected chi connectivity index (χ0v) is 14.3. The molecule has 0 aromatic carbocycles. The molecule has 1 fully saturated rings. The first-order valence-corrected chi connectivity index (χ1v) is 8.80. The lowest BCUT2D eigenvalue weighted by Gasteiger charge is -2.32. The van der Waals surface area contributed by atoms with Crippen LogP contribution in [-0.2, 0) is 9.53 Å². The fourth-order valence-corrected chi connectivity index (χ4v) is 3.67. The van der Waals surface area contributed by atoms with Crippen LogP contribution in [0.2, 0.25) is 0 Å². The van der Waals surface area contributed by atoms with E-state index < -0.39 is 0 Å². The molecule has 7 heteroatoms. The molecule has 3 heterocycles. The molecule has 3 aliphatic heterocycles. The van der Waals surface area contributed by atoms with E-state index in [-0.39, 0.29) is 23.8 Å². The fourth-order valence-electron chi connectivity index (χ4n) is 3.67. The molecule has 5 rings (SSSR count). The van der Waals surface area contributed by atoms with Crippen molar-refractivity contribution in [1.29, 1.82) is 0 Å². The van der Waals surface area contributed by atoms with Gasteiger partial charge in [0.1, 0.15) is 17.2 Å². The lowest BCUT2D eigenvalue weighted by atomic mass is 9.80. The predicted octanol–water partition coefficient (Wildman–Crippen LogP) is 1.92. The van der Waals surface area contributed by atoms with Gasteiger partial charge in [-0.25, -0.2) is 4.79 Å². The first-order valence-electron chi connectivity index (χ1n) is 8.80. The zero-order chi connectivity index (χ0) is 17.8. The number of carbonyl (C=O) groups excluding carboxylic acids is 2. The maximum atomic E-state index is 12.3. The van der Waals surface area contributed by atoms with Crippen LogP contribution in [0.3, 0.4) is 0 Å². The number of nitrogens with one attached hydrogen (secondary N) is 1. The highest BCUT2D eigenvalue weighted by Gasteiger charge is 2.41. The largest absolute Gasteiger partial charge is 0.494 e. The summed E-state index contributed by atoms with van der Waals surface area (Å²) >= 11 is 0. The summed E-state index contributed by atoms with van der Waals surface area (Å²) in [6.07, 6.45) is 11.7. The van der Waals surface area contributed by atoms with E-state index in [0.717, 1.165) is 5.57 Å². The maximum absolute atomic E-state index is 12.3. The Kier molecular flexibility index (Phi) is 3.25. The molecule has 0 aromatic heterocycles. The zero-order valence-electron chi connectivity index (χ0n) is 14.3. The second-order valence-electron chi connectivity index (χ2n) is 7.14. The molecule has 1 N–H and O–H groups in total. The van der Waals surface area contributed by atoms with Gasteiger partial charge in [-0.3, -0.25) is 9.79 Å². The van der Waals surface area contributed by atoms with Crippen LogP contribution in [0.1, 0.15) is 12.8 Å². The normalized spacial score (nSPS) is 29.3. The summed E-state index contributed by atoms with van der Waals surface area (Å²) in [5, 5.41) is 2.80. The lowest BCUT2D eigenvalue weighted by molar-refractivity contribution is -0.121. The number of amides is 3. The molecule has 0 radical (unpaired) electrons. The Morgan fingerprint density at radius 2 is 2.12 bits per heavy atom. The van der Waals surface area contributed by atoms with Crippen molar-refractivity contribution in [3.63, 3.8) is 0 Å². The minimum absolute atomic E-state index is 0.0898. The van der Waals surface area contributed by atoms with Crippen molar-refractivity contribution in [2.45, 2.75) is 12.8 Å². The van der Waals surface area contributed by atoms with Crippen molar-refractivity contribution in [3.05, 3.63) is 47.7 Å². The average Bonchev–Trinajstić information content (AvgIpc) is 3.17. The summed E-state index contributed by atoms with van der Waals surface area (Å²) in [5.41, 5.74) is 2.78. The van der Waals surface area contributed by atoms with Gasteiger partial charge in [-0.2, -0.15) is 4.99 Å². The van der Waals surface area contributed by atoms with E-state index in [2.05, 4.69) is 15.3 Å². The number of carbonyl (C=O) groups is 2. The van der Waals surface area contributed by atoms with Gasteiger partial charge in [0, 0.05) is 19.4 Å². The summed E-state index contributed by atoms with van der Waals surface area (Å²) in [6.45, 7) is 0.635. The number of urea groups is 1. The molecule has 3 amide bonds. The Hall–Kier alpha value is -2.96. The number of ether oxygens (including phenoxy) is 1. The molecule has 2 unspecified atom stereocenters. The van der Waals surface area contributed by atoms with Crippen LogP contribution in [0.4, 0.5) is 4.79 Å². The highest BCUT2D eigenvalue weighted by molar-refractivity contribution is 6.42. The van der Waals surface area contributed by atoms with Crippen LogP contribution in [0, 0.1) is 17.8 Å². The molecule has 0 aromatic rings.